The van der Waals surface area contributed by atoms with Gasteiger partial charge < -0.3 is 19.5 Å². The molecule has 0 aliphatic heterocycles. The number of esters is 1. The predicted molar refractivity (Wildman–Crippen MR) is 110 cm³/mol. The van der Waals surface area contributed by atoms with E-state index in [0.29, 0.717) is 29.1 Å². The zero-order chi connectivity index (χ0) is 21.8. The molecule has 1 rings (SSSR count). The molecule has 2 amide bonds. The molecule has 0 fully saturated rings. The summed E-state index contributed by atoms with van der Waals surface area (Å²) < 4.78 is 6.80. The van der Waals surface area contributed by atoms with Crippen LogP contribution in [0.3, 0.4) is 0 Å². The standard InChI is InChI=1S/C21H35N3O4/c1-10-28-19(26)18-14(4)17(15(5)23(18)9)16(25)12-24(11-13(2)3)20(27)22-21(6,7)8/h13H,10-12H2,1-9H3,(H,22,27). The summed E-state index contributed by atoms with van der Waals surface area (Å²) in [6, 6.07) is -0.272. The molecule has 158 valence electrons. The lowest BCUT2D eigenvalue weighted by Crippen LogP contribution is -2.50. The van der Waals surface area contributed by atoms with Crippen molar-refractivity contribution in [1.82, 2.24) is 14.8 Å². The summed E-state index contributed by atoms with van der Waals surface area (Å²) in [5, 5.41) is 2.92. The third kappa shape index (κ3) is 5.84. The Kier molecular flexibility index (Phi) is 7.84. The summed E-state index contributed by atoms with van der Waals surface area (Å²) in [7, 11) is 1.74. The van der Waals surface area contributed by atoms with Crippen molar-refractivity contribution in [3.63, 3.8) is 0 Å². The molecule has 1 heterocycles. The van der Waals surface area contributed by atoms with Gasteiger partial charge in [-0.25, -0.2) is 9.59 Å². The zero-order valence-corrected chi connectivity index (χ0v) is 18.7. The number of aromatic nitrogens is 1. The predicted octanol–water partition coefficient (Wildman–Crippen LogP) is 3.47. The summed E-state index contributed by atoms with van der Waals surface area (Å²) >= 11 is 0. The molecule has 0 saturated heterocycles. The van der Waals surface area contributed by atoms with Crippen molar-refractivity contribution in [2.24, 2.45) is 13.0 Å². The summed E-state index contributed by atoms with van der Waals surface area (Å²) in [5.41, 5.74) is 1.72. The minimum Gasteiger partial charge on any atom is -0.461 e. The van der Waals surface area contributed by atoms with Crippen LogP contribution in [0.25, 0.3) is 0 Å². The first kappa shape index (κ1) is 23.7. The molecule has 0 aliphatic rings. The smallest absolute Gasteiger partial charge is 0.355 e. The second kappa shape index (κ2) is 9.26. The highest BCUT2D eigenvalue weighted by Crippen LogP contribution is 2.23. The van der Waals surface area contributed by atoms with E-state index in [9.17, 15) is 14.4 Å². The largest absolute Gasteiger partial charge is 0.461 e. The van der Waals surface area contributed by atoms with Crippen LogP contribution in [0.1, 0.15) is 73.6 Å². The molecule has 0 radical (unpaired) electrons. The van der Waals surface area contributed by atoms with E-state index in [1.54, 1.807) is 32.4 Å². The number of carbonyl (C=O) groups excluding carboxylic acids is 3. The molecule has 28 heavy (non-hydrogen) atoms. The SMILES string of the molecule is CCOC(=O)c1c(C)c(C(=O)CN(CC(C)C)C(=O)NC(C)(C)C)c(C)n1C. The quantitative estimate of drug-likeness (QED) is 0.568. The van der Waals surface area contributed by atoms with Gasteiger partial charge in [0.05, 0.1) is 13.2 Å². The van der Waals surface area contributed by atoms with Gasteiger partial charge >= 0.3 is 12.0 Å². The molecule has 0 aromatic carbocycles. The molecule has 0 spiro atoms. The van der Waals surface area contributed by atoms with Crippen molar-refractivity contribution in [3.8, 4) is 0 Å². The second-order valence-electron chi connectivity index (χ2n) is 8.59. The molecular formula is C21H35N3O4. The van der Waals surface area contributed by atoms with E-state index in [2.05, 4.69) is 5.32 Å². The number of nitrogens with zero attached hydrogens (tertiary/aromatic N) is 2. The first-order chi connectivity index (χ1) is 12.8. The average molecular weight is 394 g/mol. The van der Waals surface area contributed by atoms with Gasteiger partial charge in [0, 0.05) is 30.4 Å². The maximum atomic E-state index is 13.1. The lowest BCUT2D eigenvalue weighted by molar-refractivity contribution is 0.0514. The van der Waals surface area contributed by atoms with Gasteiger partial charge in [-0.3, -0.25) is 4.79 Å². The fourth-order valence-corrected chi connectivity index (χ4v) is 3.19. The number of rotatable bonds is 7. The number of Topliss-reactive ketones (excluding diaryl/α,β-unsaturated/α-hetero) is 1. The van der Waals surface area contributed by atoms with Crippen LogP contribution < -0.4 is 5.32 Å². The molecule has 1 N–H and O–H groups in total. The van der Waals surface area contributed by atoms with E-state index in [1.165, 1.54) is 4.90 Å². The molecule has 0 aliphatic carbocycles. The Balaban J connectivity index is 3.20. The van der Waals surface area contributed by atoms with E-state index < -0.39 is 11.5 Å². The van der Waals surface area contributed by atoms with Crippen molar-refractivity contribution in [1.29, 1.82) is 0 Å². The number of hydrogen-bond acceptors (Lipinski definition) is 4. The van der Waals surface area contributed by atoms with Crippen LogP contribution >= 0.6 is 0 Å². The summed E-state index contributed by atoms with van der Waals surface area (Å²) in [6.45, 7) is 15.7. The van der Waals surface area contributed by atoms with E-state index in [0.717, 1.165) is 0 Å². The monoisotopic (exact) mass is 393 g/mol. The average Bonchev–Trinajstić information content (AvgIpc) is 2.74. The van der Waals surface area contributed by atoms with Gasteiger partial charge in [0.25, 0.3) is 0 Å². The molecular weight excluding hydrogens is 358 g/mol. The Bertz CT molecular complexity index is 742. The van der Waals surface area contributed by atoms with Crippen LogP contribution in [-0.2, 0) is 11.8 Å². The van der Waals surface area contributed by atoms with Crippen LogP contribution in [0.4, 0.5) is 4.79 Å². The topological polar surface area (TPSA) is 80.6 Å². The van der Waals surface area contributed by atoms with Crippen LogP contribution in [0.15, 0.2) is 0 Å². The Morgan fingerprint density at radius 1 is 1.18 bits per heavy atom. The minimum atomic E-state index is -0.450. The van der Waals surface area contributed by atoms with Crippen molar-refractivity contribution in [2.45, 2.75) is 60.9 Å². The Morgan fingerprint density at radius 2 is 1.75 bits per heavy atom. The van der Waals surface area contributed by atoms with Crippen LogP contribution in [0, 0.1) is 19.8 Å². The van der Waals surface area contributed by atoms with E-state index >= 15 is 0 Å². The highest BCUT2D eigenvalue weighted by molar-refractivity contribution is 6.04. The Hall–Kier alpha value is -2.31. The maximum absolute atomic E-state index is 13.1. The van der Waals surface area contributed by atoms with Gasteiger partial charge in [-0.05, 0) is 53.0 Å². The third-order valence-corrected chi connectivity index (χ3v) is 4.37. The van der Waals surface area contributed by atoms with Gasteiger partial charge in [-0.2, -0.15) is 0 Å². The van der Waals surface area contributed by atoms with E-state index in [-0.39, 0.29) is 30.9 Å². The number of nitrogens with one attached hydrogen (secondary N) is 1. The Labute approximate surface area is 168 Å². The summed E-state index contributed by atoms with van der Waals surface area (Å²) in [6.07, 6.45) is 0. The van der Waals surface area contributed by atoms with Gasteiger partial charge in [0.2, 0.25) is 0 Å². The minimum absolute atomic E-state index is 0.0476. The molecule has 1 aromatic rings. The normalized spacial score (nSPS) is 11.5. The number of carbonyl (C=O) groups is 3. The first-order valence-corrected chi connectivity index (χ1v) is 9.73. The van der Waals surface area contributed by atoms with Gasteiger partial charge in [-0.1, -0.05) is 13.8 Å². The molecule has 1 aromatic heterocycles. The number of hydrogen-bond donors (Lipinski definition) is 1. The zero-order valence-electron chi connectivity index (χ0n) is 18.7. The number of ketones is 1. The first-order valence-electron chi connectivity index (χ1n) is 9.73. The van der Waals surface area contributed by atoms with Crippen LogP contribution in [-0.4, -0.2) is 52.5 Å². The summed E-state index contributed by atoms with van der Waals surface area (Å²) in [5.74, 6) is -0.424. The summed E-state index contributed by atoms with van der Waals surface area (Å²) in [4.78, 5) is 39.6. The number of urea groups is 1. The van der Waals surface area contributed by atoms with Crippen LogP contribution in [0.2, 0.25) is 0 Å². The fraction of sp³-hybridized carbons (Fsp3) is 0.667. The molecule has 7 heteroatoms. The van der Waals surface area contributed by atoms with Gasteiger partial charge in [-0.15, -0.1) is 0 Å². The highest BCUT2D eigenvalue weighted by atomic mass is 16.5. The molecule has 0 bridgehead atoms. The Morgan fingerprint density at radius 3 is 2.21 bits per heavy atom. The lowest BCUT2D eigenvalue weighted by Gasteiger charge is -2.29. The fourth-order valence-electron chi connectivity index (χ4n) is 3.19. The van der Waals surface area contributed by atoms with E-state index in [1.807, 2.05) is 34.6 Å². The van der Waals surface area contributed by atoms with Crippen molar-refractivity contribution < 1.29 is 19.1 Å². The van der Waals surface area contributed by atoms with Crippen molar-refractivity contribution >= 4 is 17.8 Å². The second-order valence-corrected chi connectivity index (χ2v) is 8.59. The van der Waals surface area contributed by atoms with Crippen LogP contribution in [0.5, 0.6) is 0 Å². The third-order valence-electron chi connectivity index (χ3n) is 4.37. The van der Waals surface area contributed by atoms with Crippen molar-refractivity contribution in [2.75, 3.05) is 19.7 Å². The molecule has 0 atom stereocenters. The molecule has 0 unspecified atom stereocenters. The maximum Gasteiger partial charge on any atom is 0.355 e. The molecule has 0 saturated carbocycles. The number of amides is 2. The highest BCUT2D eigenvalue weighted by Gasteiger charge is 2.28. The molecule has 7 nitrogen and oxygen atoms in total. The van der Waals surface area contributed by atoms with Gasteiger partial charge in [0.15, 0.2) is 5.78 Å². The van der Waals surface area contributed by atoms with Crippen molar-refractivity contribution in [3.05, 3.63) is 22.5 Å². The number of ether oxygens (including phenoxy) is 1. The van der Waals surface area contributed by atoms with E-state index in [4.69, 9.17) is 4.74 Å². The lowest BCUT2D eigenvalue weighted by atomic mass is 10.0. The van der Waals surface area contributed by atoms with Gasteiger partial charge in [0.1, 0.15) is 5.69 Å².